The monoisotopic (exact) mass is 342 g/mol. The summed E-state index contributed by atoms with van der Waals surface area (Å²) in [6.45, 7) is 4.16. The van der Waals surface area contributed by atoms with Gasteiger partial charge in [0.1, 0.15) is 11.3 Å². The summed E-state index contributed by atoms with van der Waals surface area (Å²) in [4.78, 5) is 12.2. The fourth-order valence-corrected chi connectivity index (χ4v) is 3.41. The fraction of sp³-hybridized carbons (Fsp3) is 0.385. The molecular weight excluding hydrogens is 328 g/mol. The standard InChI is InChI=1S/C13H15BrN2O2S/c1-3-8(4-2)16-7-9(13(17)18)12(15-16)10-5-6-11(14)19-10/h5-8H,3-4H2,1-2H3,(H,17,18). The van der Waals surface area contributed by atoms with Crippen LogP contribution in [0.4, 0.5) is 0 Å². The molecule has 0 unspecified atom stereocenters. The predicted molar refractivity (Wildman–Crippen MR) is 79.8 cm³/mol. The highest BCUT2D eigenvalue weighted by Crippen LogP contribution is 2.33. The summed E-state index contributed by atoms with van der Waals surface area (Å²) < 4.78 is 2.75. The van der Waals surface area contributed by atoms with Crippen molar-refractivity contribution in [3.8, 4) is 10.6 Å². The van der Waals surface area contributed by atoms with Gasteiger partial charge in [-0.15, -0.1) is 11.3 Å². The van der Waals surface area contributed by atoms with E-state index in [9.17, 15) is 9.90 Å². The van der Waals surface area contributed by atoms with Gasteiger partial charge >= 0.3 is 5.97 Å². The number of hydrogen-bond acceptors (Lipinski definition) is 3. The van der Waals surface area contributed by atoms with E-state index in [-0.39, 0.29) is 11.6 Å². The maximum Gasteiger partial charge on any atom is 0.339 e. The van der Waals surface area contributed by atoms with Crippen molar-refractivity contribution in [1.82, 2.24) is 9.78 Å². The molecule has 0 aromatic carbocycles. The highest BCUT2D eigenvalue weighted by atomic mass is 79.9. The molecule has 0 aliphatic rings. The van der Waals surface area contributed by atoms with Gasteiger partial charge in [0.25, 0.3) is 0 Å². The minimum Gasteiger partial charge on any atom is -0.478 e. The second-order valence-electron chi connectivity index (χ2n) is 4.25. The number of carboxylic acid groups (broad SMARTS) is 1. The largest absolute Gasteiger partial charge is 0.478 e. The molecule has 2 aromatic heterocycles. The van der Waals surface area contributed by atoms with Crippen LogP contribution in [0.5, 0.6) is 0 Å². The Balaban J connectivity index is 2.50. The summed E-state index contributed by atoms with van der Waals surface area (Å²) in [7, 11) is 0. The van der Waals surface area contributed by atoms with E-state index in [2.05, 4.69) is 34.9 Å². The topological polar surface area (TPSA) is 55.1 Å². The number of carbonyl (C=O) groups is 1. The number of thiophene rings is 1. The van der Waals surface area contributed by atoms with Gasteiger partial charge < -0.3 is 5.11 Å². The van der Waals surface area contributed by atoms with Crippen LogP contribution in [0.2, 0.25) is 0 Å². The van der Waals surface area contributed by atoms with Gasteiger partial charge in [0.2, 0.25) is 0 Å². The van der Waals surface area contributed by atoms with Gasteiger partial charge in [-0.05, 0) is 40.9 Å². The van der Waals surface area contributed by atoms with E-state index in [1.54, 1.807) is 10.9 Å². The molecule has 4 nitrogen and oxygen atoms in total. The van der Waals surface area contributed by atoms with Crippen molar-refractivity contribution in [3.63, 3.8) is 0 Å². The van der Waals surface area contributed by atoms with Crippen molar-refractivity contribution < 1.29 is 9.90 Å². The molecule has 6 heteroatoms. The lowest BCUT2D eigenvalue weighted by Gasteiger charge is -2.12. The molecule has 0 bridgehead atoms. The summed E-state index contributed by atoms with van der Waals surface area (Å²) in [5, 5.41) is 13.8. The van der Waals surface area contributed by atoms with Crippen molar-refractivity contribution in [2.75, 3.05) is 0 Å². The van der Waals surface area contributed by atoms with Gasteiger partial charge in [-0.2, -0.15) is 5.10 Å². The summed E-state index contributed by atoms with van der Waals surface area (Å²) in [5.41, 5.74) is 0.816. The first-order valence-electron chi connectivity index (χ1n) is 6.15. The first-order chi connectivity index (χ1) is 9.06. The quantitative estimate of drug-likeness (QED) is 0.874. The lowest BCUT2D eigenvalue weighted by atomic mass is 10.2. The Kier molecular flexibility index (Phi) is 4.42. The number of hydrogen-bond donors (Lipinski definition) is 1. The zero-order valence-corrected chi connectivity index (χ0v) is 13.2. The molecule has 0 fully saturated rings. The van der Waals surface area contributed by atoms with Crippen LogP contribution in [0.3, 0.4) is 0 Å². The lowest BCUT2D eigenvalue weighted by molar-refractivity contribution is 0.0697. The number of aromatic carboxylic acids is 1. The molecule has 2 aromatic rings. The van der Waals surface area contributed by atoms with Crippen molar-refractivity contribution in [1.29, 1.82) is 0 Å². The van der Waals surface area contributed by atoms with E-state index in [0.29, 0.717) is 5.69 Å². The third-order valence-corrected chi connectivity index (χ3v) is 4.72. The van der Waals surface area contributed by atoms with Crippen LogP contribution in [-0.2, 0) is 0 Å². The second-order valence-corrected chi connectivity index (χ2v) is 6.71. The number of nitrogens with zero attached hydrogens (tertiary/aromatic N) is 2. The summed E-state index contributed by atoms with van der Waals surface area (Å²) >= 11 is 4.88. The average Bonchev–Trinajstić information content (AvgIpc) is 2.97. The van der Waals surface area contributed by atoms with Crippen LogP contribution < -0.4 is 0 Å². The van der Waals surface area contributed by atoms with E-state index in [4.69, 9.17) is 0 Å². The van der Waals surface area contributed by atoms with Crippen molar-refractivity contribution in [2.45, 2.75) is 32.7 Å². The third-order valence-electron chi connectivity index (χ3n) is 3.09. The molecule has 0 aliphatic heterocycles. The number of halogens is 1. The van der Waals surface area contributed by atoms with Crippen LogP contribution in [0.15, 0.2) is 22.1 Å². The van der Waals surface area contributed by atoms with Gasteiger partial charge in [0, 0.05) is 6.20 Å². The molecular formula is C13H15BrN2O2S. The Bertz CT molecular complexity index is 587. The lowest BCUT2D eigenvalue weighted by Crippen LogP contribution is -2.07. The van der Waals surface area contributed by atoms with Crippen LogP contribution >= 0.6 is 27.3 Å². The van der Waals surface area contributed by atoms with E-state index in [1.807, 2.05) is 12.1 Å². The molecule has 0 saturated heterocycles. The Labute approximate surface area is 124 Å². The van der Waals surface area contributed by atoms with Crippen LogP contribution in [0, 0.1) is 0 Å². The summed E-state index contributed by atoms with van der Waals surface area (Å²) in [6.07, 6.45) is 3.51. The molecule has 19 heavy (non-hydrogen) atoms. The SMILES string of the molecule is CCC(CC)n1cc(C(=O)O)c(-c2ccc(Br)s2)n1. The Hall–Kier alpha value is -1.14. The van der Waals surface area contributed by atoms with Gasteiger partial charge in [0.05, 0.1) is 14.7 Å². The first kappa shape index (κ1) is 14.3. The van der Waals surface area contributed by atoms with E-state index < -0.39 is 5.97 Å². The molecule has 0 amide bonds. The van der Waals surface area contributed by atoms with Gasteiger partial charge in [-0.1, -0.05) is 13.8 Å². The Morgan fingerprint density at radius 3 is 2.63 bits per heavy atom. The third kappa shape index (κ3) is 2.90. The molecule has 0 saturated carbocycles. The van der Waals surface area contributed by atoms with Crippen molar-refractivity contribution in [2.24, 2.45) is 0 Å². The zero-order valence-electron chi connectivity index (χ0n) is 10.8. The highest BCUT2D eigenvalue weighted by molar-refractivity contribution is 9.11. The van der Waals surface area contributed by atoms with Gasteiger partial charge in [-0.25, -0.2) is 4.79 Å². The number of rotatable bonds is 5. The van der Waals surface area contributed by atoms with Crippen molar-refractivity contribution >= 4 is 33.2 Å². The van der Waals surface area contributed by atoms with Crippen molar-refractivity contribution in [3.05, 3.63) is 27.7 Å². The molecule has 102 valence electrons. The van der Waals surface area contributed by atoms with Crippen LogP contribution in [0.25, 0.3) is 10.6 Å². The fourth-order valence-electron chi connectivity index (χ4n) is 2.02. The second kappa shape index (κ2) is 5.88. The summed E-state index contributed by atoms with van der Waals surface area (Å²) in [6, 6.07) is 4.04. The van der Waals surface area contributed by atoms with Gasteiger partial charge in [0.15, 0.2) is 0 Å². The molecule has 2 rings (SSSR count). The van der Waals surface area contributed by atoms with E-state index in [0.717, 1.165) is 21.5 Å². The first-order valence-corrected chi connectivity index (χ1v) is 7.75. The molecule has 1 N–H and O–H groups in total. The molecule has 0 radical (unpaired) electrons. The number of aromatic nitrogens is 2. The molecule has 0 atom stereocenters. The van der Waals surface area contributed by atoms with Gasteiger partial charge in [-0.3, -0.25) is 4.68 Å². The smallest absolute Gasteiger partial charge is 0.339 e. The molecule has 0 spiro atoms. The van der Waals surface area contributed by atoms with E-state index >= 15 is 0 Å². The minimum absolute atomic E-state index is 0.246. The maximum atomic E-state index is 11.4. The number of carboxylic acids is 1. The van der Waals surface area contributed by atoms with Crippen LogP contribution in [-0.4, -0.2) is 20.9 Å². The normalized spacial score (nSPS) is 11.2. The average molecular weight is 343 g/mol. The Morgan fingerprint density at radius 1 is 1.47 bits per heavy atom. The highest BCUT2D eigenvalue weighted by Gasteiger charge is 2.20. The van der Waals surface area contributed by atoms with Crippen LogP contribution in [0.1, 0.15) is 43.1 Å². The molecule has 0 aliphatic carbocycles. The zero-order chi connectivity index (χ0) is 14.0. The predicted octanol–water partition coefficient (Wildman–Crippen LogP) is 4.43. The summed E-state index contributed by atoms with van der Waals surface area (Å²) in [5.74, 6) is -0.934. The van der Waals surface area contributed by atoms with E-state index in [1.165, 1.54) is 11.3 Å². The Morgan fingerprint density at radius 2 is 2.16 bits per heavy atom. The minimum atomic E-state index is -0.934. The maximum absolute atomic E-state index is 11.4. The molecule has 2 heterocycles.